The molecule has 0 amide bonds. The quantitative estimate of drug-likeness (QED) is 0.613. The van der Waals surface area contributed by atoms with Crippen LogP contribution in [0, 0.1) is 10.1 Å². The Kier molecular flexibility index (Phi) is 3.09. The molecule has 1 heterocycles. The fourth-order valence-electron chi connectivity index (χ4n) is 4.00. The number of hydrogen-bond acceptors (Lipinski definition) is 4. The third kappa shape index (κ3) is 1.69. The first-order valence-electron chi connectivity index (χ1n) is 7.05. The summed E-state index contributed by atoms with van der Waals surface area (Å²) >= 11 is 0. The van der Waals surface area contributed by atoms with Gasteiger partial charge in [-0.2, -0.15) is 0 Å². The van der Waals surface area contributed by atoms with Crippen LogP contribution in [0.3, 0.4) is 0 Å². The molecule has 20 heavy (non-hydrogen) atoms. The zero-order valence-corrected chi connectivity index (χ0v) is 11.5. The van der Waals surface area contributed by atoms with E-state index in [1.54, 1.807) is 18.2 Å². The fourth-order valence-corrected chi connectivity index (χ4v) is 4.00. The summed E-state index contributed by atoms with van der Waals surface area (Å²) in [4.78, 5) is 25.8. The summed E-state index contributed by atoms with van der Waals surface area (Å²) < 4.78 is 0. The number of fused-ring (bicyclic) bond motifs is 1. The molecule has 0 bridgehead atoms. The second-order valence-electron chi connectivity index (χ2n) is 5.81. The number of benzene rings is 1. The van der Waals surface area contributed by atoms with Crippen LogP contribution in [0.2, 0.25) is 0 Å². The lowest BCUT2D eigenvalue weighted by Crippen LogP contribution is -2.50. The van der Waals surface area contributed by atoms with E-state index in [1.807, 2.05) is 7.05 Å². The van der Waals surface area contributed by atoms with Gasteiger partial charge in [-0.15, -0.1) is 0 Å². The zero-order chi connectivity index (χ0) is 14.3. The van der Waals surface area contributed by atoms with Crippen LogP contribution in [0.15, 0.2) is 24.3 Å². The molecule has 1 aliphatic heterocycles. The summed E-state index contributed by atoms with van der Waals surface area (Å²) in [6.07, 6.45) is 3.05. The molecule has 0 radical (unpaired) electrons. The minimum absolute atomic E-state index is 0.0862. The van der Waals surface area contributed by atoms with Crippen LogP contribution in [0.5, 0.6) is 0 Å². The van der Waals surface area contributed by atoms with E-state index in [0.29, 0.717) is 18.4 Å². The van der Waals surface area contributed by atoms with E-state index < -0.39 is 5.41 Å². The summed E-state index contributed by atoms with van der Waals surface area (Å²) in [6, 6.07) is 6.85. The molecule has 0 spiro atoms. The van der Waals surface area contributed by atoms with Crippen LogP contribution < -0.4 is 0 Å². The summed E-state index contributed by atoms with van der Waals surface area (Å²) in [5.74, 6) is 0.174. The normalized spacial score (nSPS) is 30.2. The molecule has 1 aromatic rings. The molecule has 0 unspecified atom stereocenters. The van der Waals surface area contributed by atoms with Crippen LogP contribution in [0.4, 0.5) is 5.69 Å². The van der Waals surface area contributed by atoms with Gasteiger partial charge in [0.25, 0.3) is 5.69 Å². The van der Waals surface area contributed by atoms with Gasteiger partial charge in [0.1, 0.15) is 5.78 Å². The largest absolute Gasteiger partial charge is 0.302 e. The molecule has 2 fully saturated rings. The lowest BCUT2D eigenvalue weighted by molar-refractivity contribution is -0.386. The Morgan fingerprint density at radius 1 is 1.40 bits per heavy atom. The number of Topliss-reactive ketones (excluding diaryl/α,β-unsaturated/α-hetero) is 1. The number of para-hydroxylation sites is 1. The van der Waals surface area contributed by atoms with Crippen molar-refractivity contribution in [3.63, 3.8) is 0 Å². The van der Waals surface area contributed by atoms with E-state index in [1.165, 1.54) is 6.07 Å². The number of hydrogen-bond donors (Lipinski definition) is 0. The van der Waals surface area contributed by atoms with E-state index >= 15 is 0 Å². The van der Waals surface area contributed by atoms with Gasteiger partial charge < -0.3 is 4.90 Å². The zero-order valence-electron chi connectivity index (χ0n) is 11.5. The Hall–Kier alpha value is -1.75. The first kappa shape index (κ1) is 13.2. The molecule has 0 N–H and O–H groups in total. The first-order chi connectivity index (χ1) is 9.57. The van der Waals surface area contributed by atoms with Gasteiger partial charge in [-0.1, -0.05) is 18.2 Å². The van der Waals surface area contributed by atoms with Crippen molar-refractivity contribution in [1.29, 1.82) is 0 Å². The molecule has 3 rings (SSSR count). The smallest absolute Gasteiger partial charge is 0.273 e. The molecule has 106 valence electrons. The molecule has 0 aromatic heterocycles. The maximum atomic E-state index is 12.7. The second-order valence-corrected chi connectivity index (χ2v) is 5.81. The van der Waals surface area contributed by atoms with Gasteiger partial charge in [0.15, 0.2) is 0 Å². The predicted octanol–water partition coefficient (Wildman–Crippen LogP) is 2.29. The standard InChI is InChI=1S/C15H18N2O3/c1-16-10-9-15(13(16)7-4-8-14(15)18)11-5-2-3-6-12(11)17(19)20/h2-3,5-6,13H,4,7-10H2,1H3/t13-,15+/m0/s1. The van der Waals surface area contributed by atoms with Gasteiger partial charge in [0.2, 0.25) is 0 Å². The second kappa shape index (κ2) is 4.66. The highest BCUT2D eigenvalue weighted by Crippen LogP contribution is 2.48. The Morgan fingerprint density at radius 3 is 2.90 bits per heavy atom. The third-order valence-electron chi connectivity index (χ3n) is 4.92. The van der Waals surface area contributed by atoms with Crippen molar-refractivity contribution in [2.75, 3.05) is 13.6 Å². The average molecular weight is 274 g/mol. The van der Waals surface area contributed by atoms with Crippen molar-refractivity contribution in [2.45, 2.75) is 37.1 Å². The number of rotatable bonds is 2. The molecule has 1 saturated carbocycles. The van der Waals surface area contributed by atoms with Crippen LogP contribution in [-0.4, -0.2) is 35.2 Å². The fraction of sp³-hybridized carbons (Fsp3) is 0.533. The SMILES string of the molecule is CN1CC[C@]2(c3ccccc3[N+](=O)[O-])C(=O)CCC[C@H]12. The Labute approximate surface area is 117 Å². The van der Waals surface area contributed by atoms with Crippen LogP contribution in [0.25, 0.3) is 0 Å². The van der Waals surface area contributed by atoms with Gasteiger partial charge in [0, 0.05) is 24.1 Å². The van der Waals surface area contributed by atoms with Crippen LogP contribution in [-0.2, 0) is 10.2 Å². The monoisotopic (exact) mass is 274 g/mol. The first-order valence-corrected chi connectivity index (χ1v) is 7.05. The molecule has 1 aromatic carbocycles. The number of nitro groups is 1. The summed E-state index contributed by atoms with van der Waals surface area (Å²) in [6.45, 7) is 0.822. The van der Waals surface area contributed by atoms with Crippen molar-refractivity contribution in [3.8, 4) is 0 Å². The maximum Gasteiger partial charge on any atom is 0.273 e. The summed E-state index contributed by atoms with van der Waals surface area (Å²) in [5, 5.41) is 11.3. The highest BCUT2D eigenvalue weighted by Gasteiger charge is 2.55. The van der Waals surface area contributed by atoms with E-state index in [4.69, 9.17) is 0 Å². The van der Waals surface area contributed by atoms with Crippen LogP contribution >= 0.6 is 0 Å². The number of carbonyl (C=O) groups excluding carboxylic acids is 1. The van der Waals surface area contributed by atoms with E-state index in [-0.39, 0.29) is 22.4 Å². The van der Waals surface area contributed by atoms with Crippen molar-refractivity contribution in [3.05, 3.63) is 39.9 Å². The molecule has 1 aliphatic carbocycles. The number of nitro benzene ring substituents is 1. The number of likely N-dealkylation sites (N-methyl/N-ethyl adjacent to an activating group) is 1. The number of ketones is 1. The highest BCUT2D eigenvalue weighted by atomic mass is 16.6. The molecule has 1 saturated heterocycles. The number of carbonyl (C=O) groups is 1. The molecular weight excluding hydrogens is 256 g/mol. The van der Waals surface area contributed by atoms with Gasteiger partial charge in [-0.3, -0.25) is 14.9 Å². The topological polar surface area (TPSA) is 63.4 Å². The molecule has 2 atom stereocenters. The molecule has 5 nitrogen and oxygen atoms in total. The number of nitrogens with zero attached hydrogens (tertiary/aromatic N) is 2. The van der Waals surface area contributed by atoms with E-state index in [2.05, 4.69) is 4.90 Å². The minimum Gasteiger partial charge on any atom is -0.302 e. The average Bonchev–Trinajstić information content (AvgIpc) is 2.79. The third-order valence-corrected chi connectivity index (χ3v) is 4.92. The Balaban J connectivity index is 2.19. The van der Waals surface area contributed by atoms with E-state index in [0.717, 1.165) is 19.4 Å². The maximum absolute atomic E-state index is 12.7. The van der Waals surface area contributed by atoms with Gasteiger partial charge >= 0.3 is 0 Å². The molecule has 5 heteroatoms. The summed E-state index contributed by atoms with van der Waals surface area (Å²) in [5.41, 5.74) is 0.0310. The number of likely N-dealkylation sites (tertiary alicyclic amines) is 1. The van der Waals surface area contributed by atoms with Crippen molar-refractivity contribution >= 4 is 11.5 Å². The Morgan fingerprint density at radius 2 is 2.15 bits per heavy atom. The minimum atomic E-state index is -0.670. The lowest BCUT2D eigenvalue weighted by atomic mass is 9.65. The molecular formula is C15H18N2O3. The van der Waals surface area contributed by atoms with Crippen molar-refractivity contribution in [1.82, 2.24) is 4.90 Å². The van der Waals surface area contributed by atoms with E-state index in [9.17, 15) is 14.9 Å². The van der Waals surface area contributed by atoms with Gasteiger partial charge in [-0.25, -0.2) is 0 Å². The van der Waals surface area contributed by atoms with Gasteiger partial charge in [0.05, 0.1) is 10.3 Å². The lowest BCUT2D eigenvalue weighted by Gasteiger charge is -2.39. The highest BCUT2D eigenvalue weighted by molar-refractivity contribution is 5.93. The van der Waals surface area contributed by atoms with Crippen molar-refractivity contribution < 1.29 is 9.72 Å². The molecule has 2 aliphatic rings. The van der Waals surface area contributed by atoms with Crippen LogP contribution in [0.1, 0.15) is 31.2 Å². The predicted molar refractivity (Wildman–Crippen MR) is 74.7 cm³/mol. The van der Waals surface area contributed by atoms with Gasteiger partial charge in [-0.05, 0) is 32.9 Å². The van der Waals surface area contributed by atoms with Crippen molar-refractivity contribution in [2.24, 2.45) is 0 Å². The summed E-state index contributed by atoms with van der Waals surface area (Å²) in [7, 11) is 2.01. The Bertz CT molecular complexity index is 572.